The second kappa shape index (κ2) is 8.38. The van der Waals surface area contributed by atoms with Crippen molar-refractivity contribution in [2.24, 2.45) is 0 Å². The SMILES string of the molecule is CC(C)(C)c1cc(NC(=O)Cn2c(=O)oc3cc([N+](=O)[O-])ccc32)n(Cc2ccccc2)n1. The van der Waals surface area contributed by atoms with E-state index < -0.39 is 16.6 Å². The van der Waals surface area contributed by atoms with Gasteiger partial charge in [-0.25, -0.2) is 9.48 Å². The number of non-ortho nitro benzene ring substituents is 1. The molecule has 4 aromatic rings. The molecule has 2 heterocycles. The number of benzene rings is 2. The Morgan fingerprint density at radius 3 is 2.55 bits per heavy atom. The molecule has 0 unspecified atom stereocenters. The summed E-state index contributed by atoms with van der Waals surface area (Å²) < 4.78 is 7.95. The van der Waals surface area contributed by atoms with Crippen molar-refractivity contribution < 1.29 is 14.1 Å². The number of anilines is 1. The zero-order valence-electron chi connectivity index (χ0n) is 18.4. The number of oxazole rings is 1. The third-order valence-corrected chi connectivity index (χ3v) is 5.16. The Balaban J connectivity index is 1.61. The lowest BCUT2D eigenvalue weighted by Crippen LogP contribution is -2.25. The van der Waals surface area contributed by atoms with Gasteiger partial charge in [-0.2, -0.15) is 5.10 Å². The third kappa shape index (κ3) is 4.69. The van der Waals surface area contributed by atoms with Crippen LogP contribution < -0.4 is 11.1 Å². The molecule has 1 N–H and O–H groups in total. The molecular weight excluding hydrogens is 426 g/mol. The van der Waals surface area contributed by atoms with Crippen LogP contribution in [0, 0.1) is 10.1 Å². The third-order valence-electron chi connectivity index (χ3n) is 5.16. The molecule has 0 spiro atoms. The Hall–Kier alpha value is -4.21. The van der Waals surface area contributed by atoms with Gasteiger partial charge in [0.15, 0.2) is 5.58 Å². The minimum Gasteiger partial charge on any atom is -0.407 e. The maximum absolute atomic E-state index is 12.9. The number of carbonyl (C=O) groups is 1. The Labute approximate surface area is 188 Å². The van der Waals surface area contributed by atoms with Gasteiger partial charge in [0.1, 0.15) is 12.4 Å². The van der Waals surface area contributed by atoms with Gasteiger partial charge in [-0.3, -0.25) is 19.5 Å². The van der Waals surface area contributed by atoms with Crippen molar-refractivity contribution in [2.45, 2.75) is 39.3 Å². The number of nitro benzene ring substituents is 1. The molecule has 2 aromatic carbocycles. The molecule has 0 aliphatic carbocycles. The number of nitrogens with zero attached hydrogens (tertiary/aromatic N) is 4. The summed E-state index contributed by atoms with van der Waals surface area (Å²) in [5, 5.41) is 18.5. The van der Waals surface area contributed by atoms with Gasteiger partial charge in [-0.15, -0.1) is 0 Å². The number of carbonyl (C=O) groups excluding carboxylic acids is 1. The van der Waals surface area contributed by atoms with Gasteiger partial charge in [-0.1, -0.05) is 51.1 Å². The zero-order chi connectivity index (χ0) is 23.8. The van der Waals surface area contributed by atoms with Gasteiger partial charge >= 0.3 is 5.76 Å². The molecule has 0 aliphatic rings. The zero-order valence-corrected chi connectivity index (χ0v) is 18.4. The number of hydrogen-bond donors (Lipinski definition) is 1. The monoisotopic (exact) mass is 449 g/mol. The second-order valence-electron chi connectivity index (χ2n) is 8.72. The Bertz CT molecular complexity index is 1390. The highest BCUT2D eigenvalue weighted by atomic mass is 16.6. The average molecular weight is 449 g/mol. The molecule has 4 rings (SSSR count). The topological polar surface area (TPSA) is 125 Å². The molecule has 170 valence electrons. The minimum absolute atomic E-state index is 0.0474. The van der Waals surface area contributed by atoms with Crippen LogP contribution in [0.4, 0.5) is 11.5 Å². The van der Waals surface area contributed by atoms with E-state index in [1.807, 2.05) is 57.2 Å². The van der Waals surface area contributed by atoms with Gasteiger partial charge in [0, 0.05) is 17.5 Å². The van der Waals surface area contributed by atoms with Gasteiger partial charge in [0.2, 0.25) is 5.91 Å². The van der Waals surface area contributed by atoms with Crippen molar-refractivity contribution in [3.05, 3.63) is 86.5 Å². The smallest absolute Gasteiger partial charge is 0.407 e. The van der Waals surface area contributed by atoms with E-state index in [0.717, 1.165) is 21.9 Å². The largest absolute Gasteiger partial charge is 0.420 e. The van der Waals surface area contributed by atoms with E-state index in [0.29, 0.717) is 17.9 Å². The lowest BCUT2D eigenvalue weighted by molar-refractivity contribution is -0.384. The number of amides is 1. The number of hydrogen-bond acceptors (Lipinski definition) is 6. The van der Waals surface area contributed by atoms with E-state index in [9.17, 15) is 19.7 Å². The van der Waals surface area contributed by atoms with Crippen LogP contribution in [0.1, 0.15) is 32.0 Å². The maximum Gasteiger partial charge on any atom is 0.420 e. The Kier molecular flexibility index (Phi) is 5.59. The predicted molar refractivity (Wildman–Crippen MR) is 122 cm³/mol. The average Bonchev–Trinajstić information content (AvgIpc) is 3.29. The molecule has 0 saturated carbocycles. The van der Waals surface area contributed by atoms with E-state index in [1.165, 1.54) is 12.1 Å². The first-order valence-corrected chi connectivity index (χ1v) is 10.3. The van der Waals surface area contributed by atoms with Gasteiger partial charge in [-0.05, 0) is 11.6 Å². The summed E-state index contributed by atoms with van der Waals surface area (Å²) in [5.74, 6) is -0.716. The van der Waals surface area contributed by atoms with E-state index in [-0.39, 0.29) is 23.2 Å². The van der Waals surface area contributed by atoms with Gasteiger partial charge in [0.25, 0.3) is 5.69 Å². The molecule has 0 saturated heterocycles. The quantitative estimate of drug-likeness (QED) is 0.354. The first kappa shape index (κ1) is 22.0. The van der Waals surface area contributed by atoms with Crippen LogP contribution >= 0.6 is 0 Å². The maximum atomic E-state index is 12.9. The van der Waals surface area contributed by atoms with E-state index >= 15 is 0 Å². The number of nitrogens with one attached hydrogen (secondary N) is 1. The first-order valence-electron chi connectivity index (χ1n) is 10.3. The molecule has 1 amide bonds. The summed E-state index contributed by atoms with van der Waals surface area (Å²) in [5.41, 5.74) is 1.75. The fourth-order valence-corrected chi connectivity index (χ4v) is 3.41. The van der Waals surface area contributed by atoms with Crippen molar-refractivity contribution in [2.75, 3.05) is 5.32 Å². The van der Waals surface area contributed by atoms with E-state index in [1.54, 1.807) is 4.68 Å². The van der Waals surface area contributed by atoms with Crippen molar-refractivity contribution in [1.29, 1.82) is 0 Å². The lowest BCUT2D eigenvalue weighted by Gasteiger charge is -2.14. The van der Waals surface area contributed by atoms with Crippen molar-refractivity contribution in [1.82, 2.24) is 14.3 Å². The molecule has 0 radical (unpaired) electrons. The van der Waals surface area contributed by atoms with Crippen LogP contribution in [0.2, 0.25) is 0 Å². The predicted octanol–water partition coefficient (Wildman–Crippen LogP) is 3.68. The summed E-state index contributed by atoms with van der Waals surface area (Å²) in [6.45, 7) is 6.24. The van der Waals surface area contributed by atoms with Crippen molar-refractivity contribution >= 4 is 28.5 Å². The lowest BCUT2D eigenvalue weighted by atomic mass is 9.92. The molecule has 10 nitrogen and oxygen atoms in total. The summed E-state index contributed by atoms with van der Waals surface area (Å²) in [4.78, 5) is 35.5. The van der Waals surface area contributed by atoms with E-state index in [2.05, 4.69) is 10.4 Å². The summed E-state index contributed by atoms with van der Waals surface area (Å²) in [6.07, 6.45) is 0. The molecule has 0 atom stereocenters. The van der Waals surface area contributed by atoms with Gasteiger partial charge in [0.05, 0.1) is 28.7 Å². The summed E-state index contributed by atoms with van der Waals surface area (Å²) in [7, 11) is 0. The second-order valence-corrected chi connectivity index (χ2v) is 8.72. The van der Waals surface area contributed by atoms with Crippen LogP contribution in [-0.2, 0) is 23.3 Å². The Morgan fingerprint density at radius 1 is 1.15 bits per heavy atom. The highest BCUT2D eigenvalue weighted by molar-refractivity contribution is 5.91. The van der Waals surface area contributed by atoms with E-state index in [4.69, 9.17) is 4.42 Å². The number of fused-ring (bicyclic) bond motifs is 1. The number of rotatable bonds is 6. The number of aromatic nitrogens is 3. The van der Waals surface area contributed by atoms with Crippen LogP contribution in [0.25, 0.3) is 11.1 Å². The van der Waals surface area contributed by atoms with Crippen LogP contribution in [0.5, 0.6) is 0 Å². The molecule has 2 aromatic heterocycles. The van der Waals surface area contributed by atoms with Crippen molar-refractivity contribution in [3.63, 3.8) is 0 Å². The molecule has 33 heavy (non-hydrogen) atoms. The summed E-state index contributed by atoms with van der Waals surface area (Å²) >= 11 is 0. The Morgan fingerprint density at radius 2 is 1.88 bits per heavy atom. The molecule has 0 fully saturated rings. The normalized spacial score (nSPS) is 11.6. The first-order chi connectivity index (χ1) is 15.6. The highest BCUT2D eigenvalue weighted by Gasteiger charge is 2.22. The molecular formula is C23H23N5O5. The van der Waals surface area contributed by atoms with Crippen LogP contribution in [-0.4, -0.2) is 25.2 Å². The fourth-order valence-electron chi connectivity index (χ4n) is 3.41. The van der Waals surface area contributed by atoms with Gasteiger partial charge < -0.3 is 9.73 Å². The van der Waals surface area contributed by atoms with Crippen LogP contribution in [0.3, 0.4) is 0 Å². The van der Waals surface area contributed by atoms with Crippen molar-refractivity contribution in [3.8, 4) is 0 Å². The molecule has 10 heteroatoms. The molecule has 0 aliphatic heterocycles. The van der Waals surface area contributed by atoms with Crippen LogP contribution in [0.15, 0.2) is 63.8 Å². The minimum atomic E-state index is -0.770. The number of nitro groups is 1. The summed E-state index contributed by atoms with van der Waals surface area (Å²) in [6, 6.07) is 15.4. The molecule has 0 bridgehead atoms. The standard InChI is InChI=1S/C23H23N5O5/c1-23(2,3)19-12-20(27(25-19)13-15-7-5-4-6-8-15)24-21(29)14-26-17-10-9-16(28(31)32)11-18(17)33-22(26)30/h4-12H,13-14H2,1-3H3,(H,24,29). The highest BCUT2D eigenvalue weighted by Crippen LogP contribution is 2.25. The fraction of sp³-hybridized carbons (Fsp3) is 0.261.